The number of hydrogen-bond donors (Lipinski definition) is 0. The van der Waals surface area contributed by atoms with Crippen LogP contribution in [0.25, 0.3) is 0 Å². The minimum Gasteiger partial charge on any atom is -0.493 e. The van der Waals surface area contributed by atoms with Crippen molar-refractivity contribution in [2.24, 2.45) is 10.3 Å². The van der Waals surface area contributed by atoms with E-state index in [4.69, 9.17) is 9.47 Å². The number of nitrogens with zero attached hydrogens (tertiary/aromatic N) is 2. The highest BCUT2D eigenvalue weighted by Gasteiger charge is 2.39. The molecule has 0 saturated carbocycles. The van der Waals surface area contributed by atoms with Gasteiger partial charge in [0.1, 0.15) is 11.5 Å². The van der Waals surface area contributed by atoms with E-state index in [9.17, 15) is 43.2 Å². The molecule has 234 valence electrons. The Morgan fingerprint density at radius 3 is 1.38 bits per heavy atom. The Hall–Kier alpha value is -3.54. The molecule has 0 unspecified atom stereocenters. The fourth-order valence-corrected chi connectivity index (χ4v) is 3.98. The van der Waals surface area contributed by atoms with Crippen molar-refractivity contribution in [3.63, 3.8) is 0 Å². The van der Waals surface area contributed by atoms with Crippen molar-refractivity contribution in [3.8, 4) is 11.5 Å². The molecular formula is C24H26F6N2O8S2. The van der Waals surface area contributed by atoms with Gasteiger partial charge in [0.15, 0.2) is 11.4 Å². The van der Waals surface area contributed by atoms with Gasteiger partial charge in [0, 0.05) is 17.5 Å². The second kappa shape index (κ2) is 14.6. The van der Waals surface area contributed by atoms with Gasteiger partial charge in [0.05, 0.1) is 24.7 Å². The number of hydrogen-bond acceptors (Lipinski definition) is 10. The molecule has 2 aromatic carbocycles. The van der Waals surface area contributed by atoms with Crippen molar-refractivity contribution in [2.45, 2.75) is 39.0 Å². The molecule has 2 rings (SSSR count). The van der Waals surface area contributed by atoms with E-state index in [-0.39, 0.29) is 37.6 Å². The lowest BCUT2D eigenvalue weighted by atomic mass is 10.1. The fourth-order valence-electron chi connectivity index (χ4n) is 2.92. The highest BCUT2D eigenvalue weighted by atomic mass is 32.2. The third-order valence-corrected chi connectivity index (χ3v) is 7.13. The van der Waals surface area contributed by atoms with Gasteiger partial charge in [0.2, 0.25) is 0 Å². The zero-order valence-electron chi connectivity index (χ0n) is 22.1. The van der Waals surface area contributed by atoms with E-state index in [1.807, 2.05) is 0 Å². The molecule has 0 saturated heterocycles. The van der Waals surface area contributed by atoms with E-state index in [1.165, 1.54) is 38.1 Å². The lowest BCUT2D eigenvalue weighted by molar-refractivity contribution is -0.0606. The third-order valence-electron chi connectivity index (χ3n) is 4.91. The van der Waals surface area contributed by atoms with Crippen LogP contribution in [0.1, 0.15) is 37.8 Å². The molecule has 0 aliphatic carbocycles. The zero-order valence-corrected chi connectivity index (χ0v) is 23.7. The maximum atomic E-state index is 13.4. The van der Waals surface area contributed by atoms with Crippen LogP contribution in [0.4, 0.5) is 26.3 Å². The first-order valence-corrected chi connectivity index (χ1v) is 15.2. The Labute approximate surface area is 238 Å². The van der Waals surface area contributed by atoms with Crippen LogP contribution < -0.4 is 9.47 Å². The number of alkyl halides is 6. The summed E-state index contributed by atoms with van der Waals surface area (Å²) in [6.45, 7) is 2.81. The Kier molecular flexibility index (Phi) is 12.0. The van der Waals surface area contributed by atoms with Crippen LogP contribution in [0, 0.1) is 0 Å². The fraction of sp³-hybridized carbons (Fsp3) is 0.417. The summed E-state index contributed by atoms with van der Waals surface area (Å²) in [6.07, 6.45) is -9.58. The summed E-state index contributed by atoms with van der Waals surface area (Å²) < 4.78 is 145. The van der Waals surface area contributed by atoms with Gasteiger partial charge >= 0.3 is 32.6 Å². The molecule has 18 heteroatoms. The number of oxime groups is 2. The van der Waals surface area contributed by atoms with Crippen LogP contribution in [0.5, 0.6) is 11.5 Å². The Morgan fingerprint density at radius 2 is 1.05 bits per heavy atom. The highest BCUT2D eigenvalue weighted by molar-refractivity contribution is 7.86. The van der Waals surface area contributed by atoms with Gasteiger partial charge in [-0.15, -0.1) is 0 Å². The Morgan fingerprint density at radius 1 is 0.667 bits per heavy atom. The first-order chi connectivity index (χ1) is 19.5. The molecular weight excluding hydrogens is 622 g/mol. The molecule has 0 fully saturated rings. The van der Waals surface area contributed by atoms with Crippen molar-refractivity contribution in [1.29, 1.82) is 0 Å². The predicted molar refractivity (Wildman–Crippen MR) is 139 cm³/mol. The van der Waals surface area contributed by atoms with E-state index in [2.05, 4.69) is 18.9 Å². The largest absolute Gasteiger partial charge is 0.493 e. The number of halogens is 6. The van der Waals surface area contributed by atoms with Crippen LogP contribution in [0.15, 0.2) is 58.8 Å². The minimum absolute atomic E-state index is 0.0595. The first-order valence-electron chi connectivity index (χ1n) is 12.1. The SMILES string of the molecule is CCCS(=O)(=O)O/N=C(/c1ccc(OCCCOc2ccc(/C(=N/OS(=O)(=O)CC)C(F)(F)F)cc2)cc1)C(F)(F)F. The summed E-state index contributed by atoms with van der Waals surface area (Å²) in [4.78, 5) is 0. The van der Waals surface area contributed by atoms with Gasteiger partial charge < -0.3 is 9.47 Å². The number of ether oxygens (including phenoxy) is 2. The van der Waals surface area contributed by atoms with Crippen molar-refractivity contribution in [2.75, 3.05) is 24.7 Å². The van der Waals surface area contributed by atoms with Gasteiger partial charge in [-0.25, -0.2) is 0 Å². The van der Waals surface area contributed by atoms with Gasteiger partial charge in [-0.1, -0.05) is 17.2 Å². The topological polar surface area (TPSA) is 130 Å². The summed E-state index contributed by atoms with van der Waals surface area (Å²) in [5.41, 5.74) is -4.00. The normalized spacial score (nSPS) is 13.5. The molecule has 0 amide bonds. The molecule has 0 N–H and O–H groups in total. The molecule has 0 heterocycles. The van der Waals surface area contributed by atoms with E-state index < -0.39 is 66.6 Å². The summed E-state index contributed by atoms with van der Waals surface area (Å²) in [5, 5.41) is 5.56. The summed E-state index contributed by atoms with van der Waals surface area (Å²) >= 11 is 0. The Balaban J connectivity index is 1.93. The smallest absolute Gasteiger partial charge is 0.437 e. The number of rotatable bonds is 15. The highest BCUT2D eigenvalue weighted by Crippen LogP contribution is 2.26. The third kappa shape index (κ3) is 11.4. The van der Waals surface area contributed by atoms with Gasteiger partial charge in [-0.05, 0) is 61.9 Å². The van der Waals surface area contributed by atoms with E-state index >= 15 is 0 Å². The average molecular weight is 649 g/mol. The lowest BCUT2D eigenvalue weighted by Crippen LogP contribution is -2.25. The zero-order chi connectivity index (χ0) is 31.6. The quantitative estimate of drug-likeness (QED) is 0.112. The first kappa shape index (κ1) is 34.7. The molecule has 0 atom stereocenters. The second-order valence-electron chi connectivity index (χ2n) is 8.23. The van der Waals surface area contributed by atoms with Crippen molar-refractivity contribution >= 4 is 31.7 Å². The monoisotopic (exact) mass is 648 g/mol. The maximum absolute atomic E-state index is 13.4. The second-order valence-corrected chi connectivity index (χ2v) is 11.7. The van der Waals surface area contributed by atoms with E-state index in [1.54, 1.807) is 0 Å². The standard InChI is InChI=1S/C24H26F6N2O8S2/c1-3-16-42(35,36)40-32-22(24(28,29)30)18-8-12-20(13-9-18)38-15-5-14-37-19-10-6-17(7-11-19)21(23(25,26)27)31-39-41(33,34)4-2/h6-13H,3-5,14-16H2,1-2H3/b31-21-,32-22-. The molecule has 0 aliphatic heterocycles. The van der Waals surface area contributed by atoms with Gasteiger partial charge in [0.25, 0.3) is 0 Å². The Bertz CT molecular complexity index is 1440. The summed E-state index contributed by atoms with van der Waals surface area (Å²) in [7, 11) is -8.51. The van der Waals surface area contributed by atoms with Crippen molar-refractivity contribution in [1.82, 2.24) is 0 Å². The molecule has 0 aliphatic rings. The van der Waals surface area contributed by atoms with E-state index in [0.29, 0.717) is 0 Å². The lowest BCUT2D eigenvalue weighted by Gasteiger charge is -2.12. The van der Waals surface area contributed by atoms with Crippen LogP contribution in [0.2, 0.25) is 0 Å². The van der Waals surface area contributed by atoms with E-state index in [0.717, 1.165) is 24.3 Å². The van der Waals surface area contributed by atoms with Gasteiger partial charge in [-0.2, -0.15) is 43.2 Å². The van der Waals surface area contributed by atoms with Crippen molar-refractivity contribution in [3.05, 3.63) is 59.7 Å². The van der Waals surface area contributed by atoms with Crippen molar-refractivity contribution < 1.29 is 61.2 Å². The van der Waals surface area contributed by atoms with Crippen LogP contribution in [-0.2, 0) is 28.8 Å². The molecule has 0 bridgehead atoms. The minimum atomic E-state index is -5.00. The molecule has 2 aromatic rings. The van der Waals surface area contributed by atoms with Crippen LogP contribution in [0.3, 0.4) is 0 Å². The van der Waals surface area contributed by atoms with Crippen LogP contribution in [-0.4, -0.2) is 65.3 Å². The molecule has 10 nitrogen and oxygen atoms in total. The number of benzene rings is 2. The average Bonchev–Trinajstić information content (AvgIpc) is 2.88. The molecule has 0 radical (unpaired) electrons. The summed E-state index contributed by atoms with van der Waals surface area (Å²) in [6, 6.07) is 8.93. The van der Waals surface area contributed by atoms with Gasteiger partial charge in [-0.3, -0.25) is 8.57 Å². The molecule has 42 heavy (non-hydrogen) atoms. The maximum Gasteiger partial charge on any atom is 0.437 e. The summed E-state index contributed by atoms with van der Waals surface area (Å²) in [5.74, 6) is -0.690. The molecule has 0 spiro atoms. The van der Waals surface area contributed by atoms with Crippen LogP contribution >= 0.6 is 0 Å². The molecule has 0 aromatic heterocycles. The predicted octanol–water partition coefficient (Wildman–Crippen LogP) is 5.19.